The first kappa shape index (κ1) is 16.6. The molecule has 0 spiro atoms. The van der Waals surface area contributed by atoms with Crippen molar-refractivity contribution in [2.75, 3.05) is 6.61 Å². The molecule has 2 heterocycles. The van der Waals surface area contributed by atoms with Gasteiger partial charge in [-0.25, -0.2) is 4.79 Å². The van der Waals surface area contributed by atoms with E-state index in [4.69, 9.17) is 4.74 Å². The third kappa shape index (κ3) is 5.18. The predicted molar refractivity (Wildman–Crippen MR) is 84.9 cm³/mol. The van der Waals surface area contributed by atoms with Crippen molar-refractivity contribution in [3.8, 4) is 0 Å². The number of carbonyl (C=O) groups excluding carboxylic acids is 2. The Bertz CT molecular complexity index is 632. The van der Waals surface area contributed by atoms with Crippen LogP contribution in [0.1, 0.15) is 40.5 Å². The number of hydrogen-bond donors (Lipinski definition) is 1. The Hall–Kier alpha value is -2.76. The molecule has 120 valence electrons. The Labute approximate surface area is 134 Å². The molecule has 0 saturated heterocycles. The average molecular weight is 313 g/mol. The van der Waals surface area contributed by atoms with Gasteiger partial charge in [-0.05, 0) is 30.7 Å². The number of rotatable bonds is 7. The smallest absolute Gasteiger partial charge is 0.339 e. The van der Waals surface area contributed by atoms with E-state index in [1.54, 1.807) is 36.7 Å². The molecule has 0 fully saturated rings. The maximum absolute atomic E-state index is 12.1. The number of nitrogens with zero attached hydrogens (tertiary/aromatic N) is 2. The van der Waals surface area contributed by atoms with E-state index in [0.717, 1.165) is 6.42 Å². The molecule has 1 N–H and O–H groups in total. The van der Waals surface area contributed by atoms with Gasteiger partial charge in [-0.1, -0.05) is 13.3 Å². The van der Waals surface area contributed by atoms with E-state index in [2.05, 4.69) is 15.3 Å². The second-order valence-electron chi connectivity index (χ2n) is 5.04. The molecule has 2 aromatic heterocycles. The van der Waals surface area contributed by atoms with Gasteiger partial charge in [0.15, 0.2) is 0 Å². The fraction of sp³-hybridized carbons (Fsp3) is 0.294. The normalized spacial score (nSPS) is 11.5. The van der Waals surface area contributed by atoms with Crippen molar-refractivity contribution in [3.05, 3.63) is 60.2 Å². The second kappa shape index (κ2) is 8.63. The van der Waals surface area contributed by atoms with Crippen molar-refractivity contribution < 1.29 is 14.3 Å². The van der Waals surface area contributed by atoms with Crippen molar-refractivity contribution in [1.82, 2.24) is 15.3 Å². The summed E-state index contributed by atoms with van der Waals surface area (Å²) in [5.74, 6) is -0.677. The summed E-state index contributed by atoms with van der Waals surface area (Å²) < 4.78 is 5.27. The van der Waals surface area contributed by atoms with E-state index < -0.39 is 5.97 Å². The van der Waals surface area contributed by atoms with Gasteiger partial charge in [-0.3, -0.25) is 14.8 Å². The zero-order chi connectivity index (χ0) is 16.5. The molecule has 0 aromatic carbocycles. The van der Waals surface area contributed by atoms with E-state index >= 15 is 0 Å². The zero-order valence-electron chi connectivity index (χ0n) is 12.9. The number of esters is 1. The van der Waals surface area contributed by atoms with Crippen molar-refractivity contribution in [3.63, 3.8) is 0 Å². The molecular weight excluding hydrogens is 294 g/mol. The Morgan fingerprint density at radius 3 is 2.35 bits per heavy atom. The third-order valence-corrected chi connectivity index (χ3v) is 3.21. The number of pyridine rings is 2. The molecular formula is C17H19N3O3. The molecule has 2 aromatic rings. The molecule has 0 bridgehead atoms. The predicted octanol–water partition coefficient (Wildman–Crippen LogP) is 2.23. The molecule has 0 radical (unpaired) electrons. The standard InChI is InChI=1S/C17H19N3O3/c1-2-5-15(20-16(21)13-6-3-8-18-10-13)12-23-17(22)14-7-4-9-19-11-14/h3-4,6-11,15H,2,5,12H2,1H3,(H,20,21). The first-order valence-electron chi connectivity index (χ1n) is 7.48. The van der Waals surface area contributed by atoms with Gasteiger partial charge >= 0.3 is 5.97 Å². The van der Waals surface area contributed by atoms with Crippen LogP contribution < -0.4 is 5.32 Å². The van der Waals surface area contributed by atoms with Crippen LogP contribution in [0.3, 0.4) is 0 Å². The Morgan fingerprint density at radius 2 is 1.78 bits per heavy atom. The minimum absolute atomic E-state index is 0.119. The lowest BCUT2D eigenvalue weighted by Crippen LogP contribution is -2.38. The summed E-state index contributed by atoms with van der Waals surface area (Å²) in [5.41, 5.74) is 0.869. The highest BCUT2D eigenvalue weighted by atomic mass is 16.5. The number of nitrogens with one attached hydrogen (secondary N) is 1. The van der Waals surface area contributed by atoms with Crippen LogP contribution in [0.4, 0.5) is 0 Å². The summed E-state index contributed by atoms with van der Waals surface area (Å²) in [5, 5.41) is 2.87. The molecule has 1 amide bonds. The van der Waals surface area contributed by atoms with Crippen LogP contribution in [0.2, 0.25) is 0 Å². The van der Waals surface area contributed by atoms with Crippen LogP contribution in [0.25, 0.3) is 0 Å². The van der Waals surface area contributed by atoms with Crippen LogP contribution in [0, 0.1) is 0 Å². The topological polar surface area (TPSA) is 81.2 Å². The fourth-order valence-electron chi connectivity index (χ4n) is 2.05. The summed E-state index contributed by atoms with van der Waals surface area (Å²) in [6, 6.07) is 6.45. The first-order valence-corrected chi connectivity index (χ1v) is 7.48. The van der Waals surface area contributed by atoms with E-state index in [-0.39, 0.29) is 18.6 Å². The summed E-state index contributed by atoms with van der Waals surface area (Å²) in [7, 11) is 0. The molecule has 6 heteroatoms. The van der Waals surface area contributed by atoms with Crippen LogP contribution in [0.15, 0.2) is 49.1 Å². The molecule has 0 aliphatic carbocycles. The summed E-state index contributed by atoms with van der Waals surface area (Å²) in [6.07, 6.45) is 7.72. The van der Waals surface area contributed by atoms with Crippen LogP contribution in [-0.4, -0.2) is 34.5 Å². The lowest BCUT2D eigenvalue weighted by atomic mass is 10.1. The molecule has 2 rings (SSSR count). The van der Waals surface area contributed by atoms with Gasteiger partial charge in [0.05, 0.1) is 17.2 Å². The van der Waals surface area contributed by atoms with E-state index in [1.807, 2.05) is 6.92 Å². The highest BCUT2D eigenvalue weighted by Gasteiger charge is 2.16. The number of aromatic nitrogens is 2. The molecule has 1 unspecified atom stereocenters. The summed E-state index contributed by atoms with van der Waals surface area (Å²) in [6.45, 7) is 2.12. The number of hydrogen-bond acceptors (Lipinski definition) is 5. The van der Waals surface area contributed by atoms with Crippen LogP contribution in [0.5, 0.6) is 0 Å². The maximum Gasteiger partial charge on any atom is 0.339 e. The van der Waals surface area contributed by atoms with Gasteiger partial charge in [-0.2, -0.15) is 0 Å². The lowest BCUT2D eigenvalue weighted by Gasteiger charge is -2.18. The van der Waals surface area contributed by atoms with E-state index in [0.29, 0.717) is 17.5 Å². The number of ether oxygens (including phenoxy) is 1. The van der Waals surface area contributed by atoms with Crippen molar-refractivity contribution in [1.29, 1.82) is 0 Å². The molecule has 0 saturated carbocycles. The molecule has 0 aliphatic rings. The number of amides is 1. The van der Waals surface area contributed by atoms with Crippen LogP contribution >= 0.6 is 0 Å². The van der Waals surface area contributed by atoms with Gasteiger partial charge < -0.3 is 10.1 Å². The summed E-state index contributed by atoms with van der Waals surface area (Å²) >= 11 is 0. The average Bonchev–Trinajstić information content (AvgIpc) is 2.61. The summed E-state index contributed by atoms with van der Waals surface area (Å²) in [4.78, 5) is 31.9. The monoisotopic (exact) mass is 313 g/mol. The van der Waals surface area contributed by atoms with Crippen molar-refractivity contribution in [2.24, 2.45) is 0 Å². The quantitative estimate of drug-likeness (QED) is 0.793. The minimum Gasteiger partial charge on any atom is -0.460 e. The minimum atomic E-state index is -0.449. The zero-order valence-corrected chi connectivity index (χ0v) is 12.9. The first-order chi connectivity index (χ1) is 11.2. The Kier molecular flexibility index (Phi) is 6.23. The van der Waals surface area contributed by atoms with Gasteiger partial charge in [0, 0.05) is 24.8 Å². The highest BCUT2D eigenvalue weighted by Crippen LogP contribution is 2.04. The molecule has 0 aliphatic heterocycles. The van der Waals surface area contributed by atoms with Crippen LogP contribution in [-0.2, 0) is 4.74 Å². The molecule has 23 heavy (non-hydrogen) atoms. The third-order valence-electron chi connectivity index (χ3n) is 3.21. The maximum atomic E-state index is 12.1. The van der Waals surface area contributed by atoms with Crippen molar-refractivity contribution >= 4 is 11.9 Å². The molecule has 6 nitrogen and oxygen atoms in total. The van der Waals surface area contributed by atoms with Gasteiger partial charge in [-0.15, -0.1) is 0 Å². The Balaban J connectivity index is 1.91. The number of carbonyl (C=O) groups is 2. The lowest BCUT2D eigenvalue weighted by molar-refractivity contribution is 0.0451. The largest absolute Gasteiger partial charge is 0.460 e. The van der Waals surface area contributed by atoms with E-state index in [9.17, 15) is 9.59 Å². The van der Waals surface area contributed by atoms with Gasteiger partial charge in [0.2, 0.25) is 0 Å². The SMILES string of the molecule is CCCC(COC(=O)c1cccnc1)NC(=O)c1cccnc1. The van der Waals surface area contributed by atoms with E-state index in [1.165, 1.54) is 12.4 Å². The Morgan fingerprint density at radius 1 is 1.13 bits per heavy atom. The molecule has 1 atom stereocenters. The fourth-order valence-corrected chi connectivity index (χ4v) is 2.05. The van der Waals surface area contributed by atoms with Gasteiger partial charge in [0.1, 0.15) is 6.61 Å². The van der Waals surface area contributed by atoms with Crippen molar-refractivity contribution in [2.45, 2.75) is 25.8 Å². The second-order valence-corrected chi connectivity index (χ2v) is 5.04. The highest BCUT2D eigenvalue weighted by molar-refractivity contribution is 5.94. The van der Waals surface area contributed by atoms with Gasteiger partial charge in [0.25, 0.3) is 5.91 Å².